The van der Waals surface area contributed by atoms with Crippen molar-refractivity contribution in [1.29, 1.82) is 0 Å². The summed E-state index contributed by atoms with van der Waals surface area (Å²) in [6.07, 6.45) is 0.604. The van der Waals surface area contributed by atoms with E-state index in [0.717, 1.165) is 0 Å². The van der Waals surface area contributed by atoms with Crippen molar-refractivity contribution in [3.63, 3.8) is 0 Å². The zero-order valence-corrected chi connectivity index (χ0v) is 15.5. The molecule has 0 radical (unpaired) electrons. The predicted molar refractivity (Wildman–Crippen MR) is 105 cm³/mol. The molecule has 3 aromatic rings. The van der Waals surface area contributed by atoms with Gasteiger partial charge in [-0.15, -0.1) is 0 Å². The summed E-state index contributed by atoms with van der Waals surface area (Å²) in [6, 6.07) is 15.9. The summed E-state index contributed by atoms with van der Waals surface area (Å²) in [7, 11) is 0. The van der Waals surface area contributed by atoms with Crippen LogP contribution in [0.15, 0.2) is 71.3 Å². The molecule has 0 bridgehead atoms. The molecule has 0 saturated heterocycles. The Hall–Kier alpha value is -4.07. The van der Waals surface area contributed by atoms with E-state index in [1.807, 2.05) is 0 Å². The molecule has 1 aromatic heterocycles. The number of anilines is 2. The summed E-state index contributed by atoms with van der Waals surface area (Å²) in [4.78, 5) is 35.8. The third kappa shape index (κ3) is 5.46. The maximum absolute atomic E-state index is 12.4. The zero-order valence-electron chi connectivity index (χ0n) is 15.5. The molecule has 0 aliphatic heterocycles. The first kappa shape index (κ1) is 19.7. The Bertz CT molecular complexity index is 996. The lowest BCUT2D eigenvalue weighted by Gasteiger charge is -2.09. The number of amides is 2. The third-order valence-corrected chi connectivity index (χ3v) is 3.70. The van der Waals surface area contributed by atoms with E-state index in [0.29, 0.717) is 16.9 Å². The number of ether oxygens (including phenoxy) is 2. The van der Waals surface area contributed by atoms with E-state index in [1.165, 1.54) is 30.5 Å². The Morgan fingerprint density at radius 3 is 2.21 bits per heavy atom. The first-order valence-electron chi connectivity index (χ1n) is 8.76. The molecule has 0 aliphatic rings. The molecule has 8 nitrogen and oxygen atoms in total. The van der Waals surface area contributed by atoms with Crippen LogP contribution in [-0.2, 0) is 4.74 Å². The molecule has 148 valence electrons. The second-order valence-electron chi connectivity index (χ2n) is 5.78. The number of carbonyl (C=O) groups excluding carboxylic acids is 3. The first-order chi connectivity index (χ1) is 14.0. The SMILES string of the molecule is CCOC(=O)Oc1ccc(C(=O)Nc2cccc(NC(=O)c3ccco3)c2)cc1. The highest BCUT2D eigenvalue weighted by atomic mass is 16.7. The van der Waals surface area contributed by atoms with Crippen LogP contribution in [0.4, 0.5) is 16.2 Å². The molecule has 2 N–H and O–H groups in total. The van der Waals surface area contributed by atoms with Crippen LogP contribution in [0.3, 0.4) is 0 Å². The van der Waals surface area contributed by atoms with E-state index in [2.05, 4.69) is 15.4 Å². The van der Waals surface area contributed by atoms with Gasteiger partial charge in [-0.25, -0.2) is 4.79 Å². The van der Waals surface area contributed by atoms with Gasteiger partial charge in [-0.3, -0.25) is 9.59 Å². The van der Waals surface area contributed by atoms with E-state index in [-0.39, 0.29) is 24.0 Å². The highest BCUT2D eigenvalue weighted by Gasteiger charge is 2.11. The van der Waals surface area contributed by atoms with E-state index in [9.17, 15) is 14.4 Å². The molecular weight excluding hydrogens is 376 g/mol. The average Bonchev–Trinajstić information content (AvgIpc) is 3.24. The van der Waals surface area contributed by atoms with Crippen LogP contribution in [0.2, 0.25) is 0 Å². The van der Waals surface area contributed by atoms with Gasteiger partial charge in [0.15, 0.2) is 5.76 Å². The molecule has 2 aromatic carbocycles. The number of hydrogen-bond acceptors (Lipinski definition) is 6. The van der Waals surface area contributed by atoms with Crippen molar-refractivity contribution in [2.45, 2.75) is 6.92 Å². The molecule has 8 heteroatoms. The predicted octanol–water partition coefficient (Wildman–Crippen LogP) is 4.32. The first-order valence-corrected chi connectivity index (χ1v) is 8.76. The summed E-state index contributed by atoms with van der Waals surface area (Å²) in [5.41, 5.74) is 1.37. The van der Waals surface area contributed by atoms with Crippen molar-refractivity contribution >= 4 is 29.3 Å². The van der Waals surface area contributed by atoms with Crippen molar-refractivity contribution < 1.29 is 28.3 Å². The minimum Gasteiger partial charge on any atom is -0.459 e. The van der Waals surface area contributed by atoms with Crippen molar-refractivity contribution in [2.24, 2.45) is 0 Å². The highest BCUT2D eigenvalue weighted by molar-refractivity contribution is 6.05. The molecule has 0 saturated carbocycles. The number of nitrogens with one attached hydrogen (secondary N) is 2. The maximum Gasteiger partial charge on any atom is 0.513 e. The molecule has 1 heterocycles. The number of hydrogen-bond donors (Lipinski definition) is 2. The Morgan fingerprint density at radius 1 is 0.897 bits per heavy atom. The van der Waals surface area contributed by atoms with Gasteiger partial charge in [-0.05, 0) is 61.5 Å². The van der Waals surface area contributed by atoms with Crippen LogP contribution in [0.5, 0.6) is 5.75 Å². The van der Waals surface area contributed by atoms with E-state index in [1.54, 1.807) is 43.3 Å². The van der Waals surface area contributed by atoms with Gasteiger partial charge in [-0.2, -0.15) is 0 Å². The van der Waals surface area contributed by atoms with Gasteiger partial charge < -0.3 is 24.5 Å². The number of rotatable bonds is 6. The monoisotopic (exact) mass is 394 g/mol. The van der Waals surface area contributed by atoms with Crippen molar-refractivity contribution in [2.75, 3.05) is 17.2 Å². The van der Waals surface area contributed by atoms with Crippen LogP contribution in [0.25, 0.3) is 0 Å². The van der Waals surface area contributed by atoms with E-state index >= 15 is 0 Å². The number of benzene rings is 2. The van der Waals surface area contributed by atoms with E-state index in [4.69, 9.17) is 9.15 Å². The quantitative estimate of drug-likeness (QED) is 0.476. The zero-order chi connectivity index (χ0) is 20.6. The molecule has 0 fully saturated rings. The highest BCUT2D eigenvalue weighted by Crippen LogP contribution is 2.18. The molecule has 0 atom stereocenters. The fourth-order valence-electron chi connectivity index (χ4n) is 2.40. The lowest BCUT2D eigenvalue weighted by molar-refractivity contribution is 0.0993. The summed E-state index contributed by atoms with van der Waals surface area (Å²) < 4.78 is 14.7. The Kier molecular flexibility index (Phi) is 6.26. The molecule has 3 rings (SSSR count). The van der Waals surface area contributed by atoms with Gasteiger partial charge in [-0.1, -0.05) is 6.07 Å². The van der Waals surface area contributed by atoms with Crippen molar-refractivity contribution in [3.8, 4) is 5.75 Å². The smallest absolute Gasteiger partial charge is 0.459 e. The van der Waals surface area contributed by atoms with Crippen LogP contribution in [-0.4, -0.2) is 24.6 Å². The molecule has 0 spiro atoms. The van der Waals surface area contributed by atoms with Gasteiger partial charge in [0, 0.05) is 16.9 Å². The maximum atomic E-state index is 12.4. The summed E-state index contributed by atoms with van der Waals surface area (Å²) in [6.45, 7) is 1.88. The number of furan rings is 1. The fraction of sp³-hybridized carbons (Fsp3) is 0.0952. The largest absolute Gasteiger partial charge is 0.513 e. The average molecular weight is 394 g/mol. The van der Waals surface area contributed by atoms with Gasteiger partial charge in [0.1, 0.15) is 5.75 Å². The summed E-state index contributed by atoms with van der Waals surface area (Å²) in [5, 5.41) is 5.43. The van der Waals surface area contributed by atoms with Crippen LogP contribution >= 0.6 is 0 Å². The van der Waals surface area contributed by atoms with Gasteiger partial charge in [0.25, 0.3) is 11.8 Å². The lowest BCUT2D eigenvalue weighted by Crippen LogP contribution is -2.14. The van der Waals surface area contributed by atoms with Gasteiger partial charge >= 0.3 is 6.16 Å². The fourth-order valence-corrected chi connectivity index (χ4v) is 2.40. The topological polar surface area (TPSA) is 107 Å². The second-order valence-corrected chi connectivity index (χ2v) is 5.78. The molecule has 0 aliphatic carbocycles. The molecular formula is C21H18N2O6. The van der Waals surface area contributed by atoms with Crippen LogP contribution in [0.1, 0.15) is 27.8 Å². The van der Waals surface area contributed by atoms with E-state index < -0.39 is 12.1 Å². The van der Waals surface area contributed by atoms with Crippen molar-refractivity contribution in [3.05, 3.63) is 78.3 Å². The molecule has 29 heavy (non-hydrogen) atoms. The van der Waals surface area contributed by atoms with Crippen LogP contribution in [0, 0.1) is 0 Å². The Morgan fingerprint density at radius 2 is 1.59 bits per heavy atom. The standard InChI is InChI=1S/C21H18N2O6/c1-2-27-21(26)29-17-10-8-14(9-11-17)19(24)22-15-5-3-6-16(13-15)23-20(25)18-7-4-12-28-18/h3-13H,2H2,1H3,(H,22,24)(H,23,25). The summed E-state index contributed by atoms with van der Waals surface area (Å²) >= 11 is 0. The van der Waals surface area contributed by atoms with Gasteiger partial charge in [0.05, 0.1) is 12.9 Å². The van der Waals surface area contributed by atoms with Gasteiger partial charge in [0.2, 0.25) is 0 Å². The minimum absolute atomic E-state index is 0.185. The van der Waals surface area contributed by atoms with Crippen molar-refractivity contribution in [1.82, 2.24) is 0 Å². The Labute approximate surface area is 166 Å². The number of carbonyl (C=O) groups is 3. The Balaban J connectivity index is 1.61. The van der Waals surface area contributed by atoms with Crippen LogP contribution < -0.4 is 15.4 Å². The minimum atomic E-state index is -0.807. The molecule has 2 amide bonds. The normalized spacial score (nSPS) is 10.1. The third-order valence-electron chi connectivity index (χ3n) is 3.70. The molecule has 0 unspecified atom stereocenters. The lowest BCUT2D eigenvalue weighted by atomic mass is 10.2. The second kappa shape index (κ2) is 9.23. The summed E-state index contributed by atoms with van der Waals surface area (Å²) in [5.74, 6) is -0.301.